The molecule has 0 bridgehead atoms. The van der Waals surface area contributed by atoms with Crippen LogP contribution in [0.4, 0.5) is 0 Å². The number of nitrogens with zero attached hydrogens (tertiary/aromatic N) is 3. The zero-order chi connectivity index (χ0) is 15.2. The standard InChI is InChI=1S/C13H26N4O2S/c1-5-7-14-8-6-9-17-11-13(10-15-17)20(18,19)16(4)12(2)3/h10-12,14H,5-9H2,1-4H3. The topological polar surface area (TPSA) is 67.2 Å². The Morgan fingerprint density at radius 1 is 1.40 bits per heavy atom. The fourth-order valence-electron chi connectivity index (χ4n) is 1.71. The van der Waals surface area contributed by atoms with Gasteiger partial charge in [0, 0.05) is 25.8 Å². The van der Waals surface area contributed by atoms with E-state index in [2.05, 4.69) is 17.3 Å². The summed E-state index contributed by atoms with van der Waals surface area (Å²) in [5, 5.41) is 7.43. The summed E-state index contributed by atoms with van der Waals surface area (Å²) in [6.45, 7) is 8.48. The van der Waals surface area contributed by atoms with Crippen LogP contribution in [-0.2, 0) is 16.6 Å². The van der Waals surface area contributed by atoms with E-state index in [-0.39, 0.29) is 10.9 Å². The van der Waals surface area contributed by atoms with Gasteiger partial charge in [-0.15, -0.1) is 0 Å². The van der Waals surface area contributed by atoms with Gasteiger partial charge in [0.15, 0.2) is 0 Å². The third-order valence-corrected chi connectivity index (χ3v) is 5.17. The van der Waals surface area contributed by atoms with Gasteiger partial charge in [-0.1, -0.05) is 6.92 Å². The van der Waals surface area contributed by atoms with Gasteiger partial charge in [-0.2, -0.15) is 9.40 Å². The van der Waals surface area contributed by atoms with E-state index < -0.39 is 10.0 Å². The van der Waals surface area contributed by atoms with Crippen molar-refractivity contribution in [1.29, 1.82) is 0 Å². The maximum absolute atomic E-state index is 12.3. The molecular weight excluding hydrogens is 276 g/mol. The molecule has 0 spiro atoms. The van der Waals surface area contributed by atoms with E-state index >= 15 is 0 Å². The normalized spacial score (nSPS) is 12.5. The molecule has 1 aromatic rings. The van der Waals surface area contributed by atoms with Gasteiger partial charge in [0.1, 0.15) is 4.90 Å². The third-order valence-electron chi connectivity index (χ3n) is 3.18. The lowest BCUT2D eigenvalue weighted by Crippen LogP contribution is -2.32. The van der Waals surface area contributed by atoms with E-state index in [9.17, 15) is 8.42 Å². The molecule has 20 heavy (non-hydrogen) atoms. The summed E-state index contributed by atoms with van der Waals surface area (Å²) < 4.78 is 27.6. The summed E-state index contributed by atoms with van der Waals surface area (Å²) in [5.41, 5.74) is 0. The smallest absolute Gasteiger partial charge is 0.246 e. The molecule has 1 rings (SSSR count). The van der Waals surface area contributed by atoms with Crippen molar-refractivity contribution < 1.29 is 8.42 Å². The quantitative estimate of drug-likeness (QED) is 0.698. The van der Waals surface area contributed by atoms with Crippen molar-refractivity contribution in [3.05, 3.63) is 12.4 Å². The highest BCUT2D eigenvalue weighted by Crippen LogP contribution is 2.15. The predicted octanol–water partition coefficient (Wildman–Crippen LogP) is 1.30. The van der Waals surface area contributed by atoms with Gasteiger partial charge in [-0.05, 0) is 39.8 Å². The number of aryl methyl sites for hydroxylation is 1. The summed E-state index contributed by atoms with van der Waals surface area (Å²) in [6.07, 6.45) is 5.08. The summed E-state index contributed by atoms with van der Waals surface area (Å²) in [5.74, 6) is 0. The van der Waals surface area contributed by atoms with Crippen LogP contribution in [0.1, 0.15) is 33.6 Å². The highest BCUT2D eigenvalue weighted by atomic mass is 32.2. The zero-order valence-electron chi connectivity index (χ0n) is 12.8. The number of aromatic nitrogens is 2. The molecule has 1 aromatic heterocycles. The van der Waals surface area contributed by atoms with Crippen LogP contribution < -0.4 is 5.32 Å². The highest BCUT2D eigenvalue weighted by Gasteiger charge is 2.24. The van der Waals surface area contributed by atoms with Crippen LogP contribution >= 0.6 is 0 Å². The van der Waals surface area contributed by atoms with Gasteiger partial charge in [0.2, 0.25) is 10.0 Å². The SMILES string of the molecule is CCCNCCCn1cc(S(=O)(=O)N(C)C(C)C)cn1. The van der Waals surface area contributed by atoms with Crippen molar-refractivity contribution in [1.82, 2.24) is 19.4 Å². The first-order valence-corrected chi connectivity index (χ1v) is 8.54. The van der Waals surface area contributed by atoms with Crippen LogP contribution in [0, 0.1) is 0 Å². The number of hydrogen-bond donors (Lipinski definition) is 1. The fraction of sp³-hybridized carbons (Fsp3) is 0.769. The first-order valence-electron chi connectivity index (χ1n) is 7.10. The van der Waals surface area contributed by atoms with Gasteiger partial charge in [0.05, 0.1) is 6.20 Å². The molecule has 6 nitrogen and oxygen atoms in total. The molecule has 0 aromatic carbocycles. The second-order valence-electron chi connectivity index (χ2n) is 5.16. The second-order valence-corrected chi connectivity index (χ2v) is 7.16. The van der Waals surface area contributed by atoms with Crippen LogP contribution in [0.5, 0.6) is 0 Å². The van der Waals surface area contributed by atoms with Crippen LogP contribution in [0.2, 0.25) is 0 Å². The molecule has 0 aliphatic rings. The van der Waals surface area contributed by atoms with E-state index in [0.29, 0.717) is 0 Å². The minimum absolute atomic E-state index is 0.0680. The van der Waals surface area contributed by atoms with Crippen molar-refractivity contribution in [3.63, 3.8) is 0 Å². The summed E-state index contributed by atoms with van der Waals surface area (Å²) in [4.78, 5) is 0.259. The second kappa shape index (κ2) is 7.75. The summed E-state index contributed by atoms with van der Waals surface area (Å²) in [7, 11) is -1.83. The van der Waals surface area contributed by atoms with Crippen LogP contribution in [0.15, 0.2) is 17.3 Å². The minimum atomic E-state index is -3.42. The first kappa shape index (κ1) is 17.1. The first-order chi connectivity index (χ1) is 9.39. The van der Waals surface area contributed by atoms with E-state index in [1.807, 2.05) is 13.8 Å². The molecule has 0 aliphatic heterocycles. The highest BCUT2D eigenvalue weighted by molar-refractivity contribution is 7.89. The predicted molar refractivity (Wildman–Crippen MR) is 80.1 cm³/mol. The van der Waals surface area contributed by atoms with Gasteiger partial charge < -0.3 is 5.32 Å². The molecule has 1 heterocycles. The lowest BCUT2D eigenvalue weighted by atomic mass is 10.4. The molecule has 116 valence electrons. The van der Waals surface area contributed by atoms with E-state index in [4.69, 9.17) is 0 Å². The minimum Gasteiger partial charge on any atom is -0.317 e. The Morgan fingerprint density at radius 3 is 2.70 bits per heavy atom. The van der Waals surface area contributed by atoms with Crippen LogP contribution in [0.3, 0.4) is 0 Å². The Labute approximate surface area is 122 Å². The Bertz CT molecular complexity index is 496. The maximum Gasteiger partial charge on any atom is 0.246 e. The monoisotopic (exact) mass is 302 g/mol. The molecule has 0 aliphatic carbocycles. The largest absolute Gasteiger partial charge is 0.317 e. The molecule has 0 atom stereocenters. The van der Waals surface area contributed by atoms with E-state index in [1.165, 1.54) is 10.5 Å². The zero-order valence-corrected chi connectivity index (χ0v) is 13.7. The number of nitrogens with one attached hydrogen (secondary N) is 1. The van der Waals surface area contributed by atoms with Crippen LogP contribution in [-0.4, -0.2) is 48.7 Å². The van der Waals surface area contributed by atoms with Gasteiger partial charge in [-0.25, -0.2) is 8.42 Å². The third kappa shape index (κ3) is 4.57. The maximum atomic E-state index is 12.3. The molecular formula is C13H26N4O2S. The Kier molecular flexibility index (Phi) is 6.64. The lowest BCUT2D eigenvalue weighted by molar-refractivity contribution is 0.410. The Morgan fingerprint density at radius 2 is 2.10 bits per heavy atom. The van der Waals surface area contributed by atoms with Gasteiger partial charge in [-0.3, -0.25) is 4.68 Å². The average Bonchev–Trinajstić information content (AvgIpc) is 2.87. The average molecular weight is 302 g/mol. The van der Waals surface area contributed by atoms with Crippen LogP contribution in [0.25, 0.3) is 0 Å². The summed E-state index contributed by atoms with van der Waals surface area (Å²) >= 11 is 0. The number of sulfonamides is 1. The number of rotatable bonds is 9. The van der Waals surface area contributed by atoms with E-state index in [1.54, 1.807) is 17.9 Å². The Hall–Kier alpha value is -0.920. The van der Waals surface area contributed by atoms with Crippen molar-refractivity contribution in [2.45, 2.75) is 51.1 Å². The summed E-state index contributed by atoms with van der Waals surface area (Å²) in [6, 6.07) is -0.0680. The molecule has 0 saturated heterocycles. The van der Waals surface area contributed by atoms with Crippen molar-refractivity contribution in [3.8, 4) is 0 Å². The molecule has 0 saturated carbocycles. The van der Waals surface area contributed by atoms with E-state index in [0.717, 1.165) is 32.5 Å². The lowest BCUT2D eigenvalue weighted by Gasteiger charge is -2.19. The molecule has 7 heteroatoms. The fourth-order valence-corrected chi connectivity index (χ4v) is 3.03. The molecule has 0 unspecified atom stereocenters. The molecule has 0 fully saturated rings. The molecule has 1 N–H and O–H groups in total. The molecule has 0 radical (unpaired) electrons. The van der Waals surface area contributed by atoms with Crippen molar-refractivity contribution in [2.24, 2.45) is 0 Å². The van der Waals surface area contributed by atoms with Gasteiger partial charge >= 0.3 is 0 Å². The molecule has 0 amide bonds. The van der Waals surface area contributed by atoms with Crippen molar-refractivity contribution >= 4 is 10.0 Å². The number of hydrogen-bond acceptors (Lipinski definition) is 4. The van der Waals surface area contributed by atoms with Crippen molar-refractivity contribution in [2.75, 3.05) is 20.1 Å². The Balaban J connectivity index is 2.59. The van der Waals surface area contributed by atoms with Gasteiger partial charge in [0.25, 0.3) is 0 Å².